The van der Waals surface area contributed by atoms with Gasteiger partial charge in [-0.2, -0.15) is 0 Å². The molecule has 1 aromatic rings. The molecule has 0 bridgehead atoms. The number of carboxylic acid groups (broad SMARTS) is 1. The van der Waals surface area contributed by atoms with Gasteiger partial charge in [-0.1, -0.05) is 57.4 Å². The predicted molar refractivity (Wildman–Crippen MR) is 146 cm³/mol. The molecule has 0 unspecified atom stereocenters. The third-order valence-corrected chi connectivity index (χ3v) is 7.02. The number of hydrogen-bond acceptors (Lipinski definition) is 6. The van der Waals surface area contributed by atoms with Gasteiger partial charge in [0, 0.05) is 52.2 Å². The van der Waals surface area contributed by atoms with Gasteiger partial charge in [0.15, 0.2) is 0 Å². The second-order valence-corrected chi connectivity index (χ2v) is 10.1. The average molecular weight is 534 g/mol. The Bertz CT molecular complexity index is 807. The summed E-state index contributed by atoms with van der Waals surface area (Å²) in [5.74, 6) is -1.33. The summed E-state index contributed by atoms with van der Waals surface area (Å²) >= 11 is 0. The summed E-state index contributed by atoms with van der Waals surface area (Å²) < 4.78 is 10.8. The topological polar surface area (TPSA) is 118 Å². The predicted octanol–water partition coefficient (Wildman–Crippen LogP) is 4.52. The molecule has 0 aliphatic carbocycles. The third kappa shape index (κ3) is 12.8. The highest BCUT2D eigenvalue weighted by atomic mass is 16.5. The summed E-state index contributed by atoms with van der Waals surface area (Å²) in [7, 11) is 1.76. The minimum atomic E-state index is -0.908. The molecule has 2 heterocycles. The van der Waals surface area contributed by atoms with Crippen LogP contribution in [0.4, 0.5) is 0 Å². The van der Waals surface area contributed by atoms with Crippen molar-refractivity contribution < 1.29 is 29.0 Å². The van der Waals surface area contributed by atoms with Crippen molar-refractivity contribution in [3.05, 3.63) is 30.1 Å². The van der Waals surface area contributed by atoms with E-state index in [1.54, 1.807) is 24.3 Å². The summed E-state index contributed by atoms with van der Waals surface area (Å²) in [6.45, 7) is 2.62. The molecule has 1 saturated heterocycles. The molecular formula is C29H47N3O6. The summed E-state index contributed by atoms with van der Waals surface area (Å²) in [5.41, 5.74) is 0.900. The lowest BCUT2D eigenvalue weighted by atomic mass is 9.94. The summed E-state index contributed by atoms with van der Waals surface area (Å²) in [4.78, 5) is 41.2. The van der Waals surface area contributed by atoms with E-state index in [1.807, 2.05) is 12.1 Å². The number of nitrogens with one attached hydrogen (secondary N) is 1. The minimum absolute atomic E-state index is 0.00422. The molecule has 9 nitrogen and oxygen atoms in total. The van der Waals surface area contributed by atoms with Crippen LogP contribution in [0.1, 0.15) is 95.1 Å². The Kier molecular flexibility index (Phi) is 16.3. The molecule has 2 N–H and O–H groups in total. The van der Waals surface area contributed by atoms with E-state index >= 15 is 0 Å². The normalized spacial score (nSPS) is 17.2. The van der Waals surface area contributed by atoms with Crippen molar-refractivity contribution in [2.45, 2.75) is 89.5 Å². The second-order valence-electron chi connectivity index (χ2n) is 10.1. The van der Waals surface area contributed by atoms with Crippen LogP contribution in [0.25, 0.3) is 0 Å². The Morgan fingerprint density at radius 2 is 1.53 bits per heavy atom. The molecule has 9 heteroatoms. The Morgan fingerprint density at radius 1 is 0.947 bits per heavy atom. The van der Waals surface area contributed by atoms with Crippen LogP contribution in [-0.4, -0.2) is 72.8 Å². The molecule has 0 aromatic carbocycles. The standard InChI is InChI=1S/C29H47N3O6/c1-32-26(33)21-25(28(32)24-15-14-16-30-22-24)29(36)31-17-10-6-5-9-12-19-37-18-11-7-3-2-4-8-13-20-38-23-27(34)35/h14-16,22,25,28H,2-13,17-21,23H2,1H3,(H,31,36)(H,34,35)/t25-,28+/m0/s1. The van der Waals surface area contributed by atoms with Crippen LogP contribution in [0.2, 0.25) is 0 Å². The number of nitrogens with zero attached hydrogens (tertiary/aromatic N) is 2. The molecule has 1 aliphatic rings. The number of pyridine rings is 1. The summed E-state index contributed by atoms with van der Waals surface area (Å²) in [6.07, 6.45) is 16.9. The fourth-order valence-electron chi connectivity index (χ4n) is 4.87. The van der Waals surface area contributed by atoms with Gasteiger partial charge in [0.05, 0.1) is 12.0 Å². The quantitative estimate of drug-likeness (QED) is 0.210. The van der Waals surface area contributed by atoms with Gasteiger partial charge in [-0.3, -0.25) is 14.6 Å². The molecule has 0 spiro atoms. The molecule has 214 valence electrons. The van der Waals surface area contributed by atoms with E-state index in [-0.39, 0.29) is 36.8 Å². The fraction of sp³-hybridized carbons (Fsp3) is 0.724. The number of amides is 2. The number of carboxylic acids is 1. The van der Waals surface area contributed by atoms with Gasteiger partial charge in [0.25, 0.3) is 0 Å². The van der Waals surface area contributed by atoms with E-state index in [9.17, 15) is 14.4 Å². The Balaban J connectivity index is 1.37. The number of rotatable bonds is 22. The van der Waals surface area contributed by atoms with Crippen molar-refractivity contribution in [1.82, 2.24) is 15.2 Å². The summed E-state index contributed by atoms with van der Waals surface area (Å²) in [5, 5.41) is 11.5. The maximum Gasteiger partial charge on any atom is 0.329 e. The van der Waals surface area contributed by atoms with Crippen molar-refractivity contribution >= 4 is 17.8 Å². The lowest BCUT2D eigenvalue weighted by Crippen LogP contribution is -2.35. The first-order chi connectivity index (χ1) is 18.5. The molecule has 1 aromatic heterocycles. The molecular weight excluding hydrogens is 486 g/mol. The van der Waals surface area contributed by atoms with Gasteiger partial charge < -0.3 is 24.8 Å². The van der Waals surface area contributed by atoms with Crippen molar-refractivity contribution in [2.75, 3.05) is 40.0 Å². The molecule has 38 heavy (non-hydrogen) atoms. The number of unbranched alkanes of at least 4 members (excludes halogenated alkanes) is 10. The Labute approximate surface area is 227 Å². The molecule has 2 atom stereocenters. The monoisotopic (exact) mass is 533 g/mol. The number of ether oxygens (including phenoxy) is 2. The summed E-state index contributed by atoms with van der Waals surface area (Å²) in [6, 6.07) is 3.51. The number of carbonyl (C=O) groups is 3. The zero-order valence-corrected chi connectivity index (χ0v) is 23.1. The van der Waals surface area contributed by atoms with Gasteiger partial charge in [0.2, 0.25) is 11.8 Å². The first kappa shape index (κ1) is 31.7. The van der Waals surface area contributed by atoms with Gasteiger partial charge >= 0.3 is 5.97 Å². The van der Waals surface area contributed by atoms with Crippen LogP contribution in [0, 0.1) is 5.92 Å². The number of aromatic nitrogens is 1. The maximum atomic E-state index is 12.8. The molecule has 1 fully saturated rings. The van der Waals surface area contributed by atoms with Crippen molar-refractivity contribution in [2.24, 2.45) is 5.92 Å². The van der Waals surface area contributed by atoms with Gasteiger partial charge in [-0.25, -0.2) is 4.79 Å². The van der Waals surface area contributed by atoms with E-state index in [0.29, 0.717) is 13.2 Å². The van der Waals surface area contributed by atoms with Crippen LogP contribution in [0.15, 0.2) is 24.5 Å². The third-order valence-electron chi connectivity index (χ3n) is 7.02. The number of aliphatic carboxylic acids is 1. The fourth-order valence-corrected chi connectivity index (χ4v) is 4.87. The van der Waals surface area contributed by atoms with E-state index in [0.717, 1.165) is 70.1 Å². The lowest BCUT2D eigenvalue weighted by molar-refractivity contribution is -0.142. The Morgan fingerprint density at radius 3 is 2.11 bits per heavy atom. The number of carbonyl (C=O) groups excluding carboxylic acids is 2. The minimum Gasteiger partial charge on any atom is -0.480 e. The highest BCUT2D eigenvalue weighted by Gasteiger charge is 2.42. The average Bonchev–Trinajstić information content (AvgIpc) is 3.21. The van der Waals surface area contributed by atoms with Gasteiger partial charge in [0.1, 0.15) is 6.61 Å². The second kappa shape index (κ2) is 19.5. The first-order valence-electron chi connectivity index (χ1n) is 14.3. The van der Waals surface area contributed by atoms with Crippen molar-refractivity contribution in [3.63, 3.8) is 0 Å². The van der Waals surface area contributed by atoms with Gasteiger partial charge in [-0.05, 0) is 37.3 Å². The highest BCUT2D eigenvalue weighted by Crippen LogP contribution is 2.36. The van der Waals surface area contributed by atoms with Crippen molar-refractivity contribution in [3.8, 4) is 0 Å². The zero-order valence-electron chi connectivity index (χ0n) is 23.1. The zero-order chi connectivity index (χ0) is 27.4. The highest BCUT2D eigenvalue weighted by molar-refractivity contribution is 5.90. The molecule has 0 saturated carbocycles. The van der Waals surface area contributed by atoms with Crippen LogP contribution < -0.4 is 5.32 Å². The maximum absolute atomic E-state index is 12.8. The van der Waals surface area contributed by atoms with Crippen LogP contribution in [0.5, 0.6) is 0 Å². The Hall–Kier alpha value is -2.52. The lowest BCUT2D eigenvalue weighted by Gasteiger charge is -2.24. The smallest absolute Gasteiger partial charge is 0.329 e. The first-order valence-corrected chi connectivity index (χ1v) is 14.3. The number of hydrogen-bond donors (Lipinski definition) is 2. The molecule has 0 radical (unpaired) electrons. The molecule has 1 aliphatic heterocycles. The van der Waals surface area contributed by atoms with E-state index in [4.69, 9.17) is 14.6 Å². The van der Waals surface area contributed by atoms with E-state index in [1.165, 1.54) is 25.7 Å². The SMILES string of the molecule is CN1C(=O)C[C@H](C(=O)NCCCCCCCOCCCCCCCCCOCC(=O)O)[C@H]1c1cccnc1. The van der Waals surface area contributed by atoms with Crippen LogP contribution in [-0.2, 0) is 23.9 Å². The van der Waals surface area contributed by atoms with Gasteiger partial charge in [-0.15, -0.1) is 0 Å². The van der Waals surface area contributed by atoms with E-state index in [2.05, 4.69) is 10.3 Å². The van der Waals surface area contributed by atoms with Crippen LogP contribution >= 0.6 is 0 Å². The van der Waals surface area contributed by atoms with E-state index < -0.39 is 5.97 Å². The molecule has 2 rings (SSSR count). The van der Waals surface area contributed by atoms with Crippen molar-refractivity contribution in [1.29, 1.82) is 0 Å². The number of likely N-dealkylation sites (tertiary alicyclic amines) is 1. The largest absolute Gasteiger partial charge is 0.480 e. The van der Waals surface area contributed by atoms with Crippen LogP contribution in [0.3, 0.4) is 0 Å². The molecule has 2 amide bonds.